The highest BCUT2D eigenvalue weighted by atomic mass is 16.5. The molecule has 24 heavy (non-hydrogen) atoms. The summed E-state index contributed by atoms with van der Waals surface area (Å²) >= 11 is 0. The highest BCUT2D eigenvalue weighted by Crippen LogP contribution is 2.18. The van der Waals surface area contributed by atoms with Gasteiger partial charge in [0.1, 0.15) is 12.0 Å². The van der Waals surface area contributed by atoms with E-state index in [1.54, 1.807) is 13.2 Å². The maximum atomic E-state index is 9.95. The predicted molar refractivity (Wildman–Crippen MR) is 98.2 cm³/mol. The normalized spacial score (nSPS) is 19.0. The summed E-state index contributed by atoms with van der Waals surface area (Å²) in [5.41, 5.74) is 14.9. The van der Waals surface area contributed by atoms with Gasteiger partial charge in [0, 0.05) is 18.2 Å². The molecule has 2 rings (SSSR count). The summed E-state index contributed by atoms with van der Waals surface area (Å²) in [6.07, 6.45) is 9.47. The number of aliphatic hydroxyl groups is 1. The van der Waals surface area contributed by atoms with Crippen molar-refractivity contribution in [2.45, 2.75) is 31.5 Å². The van der Waals surface area contributed by atoms with Crippen molar-refractivity contribution in [1.29, 1.82) is 0 Å². The average Bonchev–Trinajstić information content (AvgIpc) is 2.59. The standard InChI is InChI=1S/C19H27N3O2/c1-24-17-9-4-14(5-10-17)6-11-19(23)22-12-2-3-15-7-8-16(20)13-18(15)21/h4-11,16,19,22-23H,2-3,12-13,20-21H2,1H3/b11-6+. The van der Waals surface area contributed by atoms with Crippen molar-refractivity contribution in [2.75, 3.05) is 13.7 Å². The average molecular weight is 329 g/mol. The monoisotopic (exact) mass is 329 g/mol. The molecule has 5 heteroatoms. The number of nitrogens with one attached hydrogen (secondary N) is 1. The van der Waals surface area contributed by atoms with Crippen LogP contribution in [0.3, 0.4) is 0 Å². The fourth-order valence-electron chi connectivity index (χ4n) is 2.56. The molecule has 0 bridgehead atoms. The van der Waals surface area contributed by atoms with Crippen LogP contribution in [0, 0.1) is 0 Å². The van der Waals surface area contributed by atoms with E-state index in [0.29, 0.717) is 6.54 Å². The number of hydrogen-bond donors (Lipinski definition) is 4. The Kier molecular flexibility index (Phi) is 7.06. The van der Waals surface area contributed by atoms with Crippen LogP contribution < -0.4 is 21.5 Å². The van der Waals surface area contributed by atoms with E-state index in [1.165, 1.54) is 0 Å². The second-order valence-corrected chi connectivity index (χ2v) is 5.91. The van der Waals surface area contributed by atoms with Crippen LogP contribution in [0.15, 0.2) is 53.8 Å². The molecule has 5 nitrogen and oxygen atoms in total. The minimum Gasteiger partial charge on any atom is -0.497 e. The van der Waals surface area contributed by atoms with Crippen molar-refractivity contribution in [3.05, 3.63) is 59.3 Å². The summed E-state index contributed by atoms with van der Waals surface area (Å²) in [4.78, 5) is 0. The number of benzene rings is 1. The molecule has 0 amide bonds. The van der Waals surface area contributed by atoms with Gasteiger partial charge < -0.3 is 21.3 Å². The maximum absolute atomic E-state index is 9.95. The first-order chi connectivity index (χ1) is 11.6. The Morgan fingerprint density at radius 3 is 2.79 bits per heavy atom. The number of ether oxygens (including phenoxy) is 1. The van der Waals surface area contributed by atoms with Gasteiger partial charge in [-0.25, -0.2) is 0 Å². The van der Waals surface area contributed by atoms with Gasteiger partial charge in [0.25, 0.3) is 0 Å². The smallest absolute Gasteiger partial charge is 0.124 e. The van der Waals surface area contributed by atoms with Crippen molar-refractivity contribution < 1.29 is 9.84 Å². The first kappa shape index (κ1) is 18.3. The van der Waals surface area contributed by atoms with E-state index in [0.717, 1.165) is 41.8 Å². The highest BCUT2D eigenvalue weighted by molar-refractivity contribution is 5.50. The van der Waals surface area contributed by atoms with Crippen LogP contribution in [0.2, 0.25) is 0 Å². The molecule has 0 radical (unpaired) electrons. The van der Waals surface area contributed by atoms with Gasteiger partial charge in [0.05, 0.1) is 7.11 Å². The minimum atomic E-state index is -0.672. The zero-order valence-electron chi connectivity index (χ0n) is 14.1. The molecule has 0 aliphatic heterocycles. The third-order valence-electron chi connectivity index (χ3n) is 3.98. The van der Waals surface area contributed by atoms with Crippen molar-refractivity contribution >= 4 is 6.08 Å². The van der Waals surface area contributed by atoms with Crippen LogP contribution in [0.5, 0.6) is 5.75 Å². The molecule has 2 unspecified atom stereocenters. The molecule has 1 aliphatic rings. The largest absolute Gasteiger partial charge is 0.497 e. The second-order valence-electron chi connectivity index (χ2n) is 5.91. The molecule has 0 heterocycles. The predicted octanol–water partition coefficient (Wildman–Crippen LogP) is 1.90. The Bertz CT molecular complexity index is 606. The number of aliphatic hydroxyl groups excluding tert-OH is 1. The van der Waals surface area contributed by atoms with Gasteiger partial charge >= 0.3 is 0 Å². The Morgan fingerprint density at radius 1 is 1.38 bits per heavy atom. The van der Waals surface area contributed by atoms with E-state index in [4.69, 9.17) is 16.2 Å². The van der Waals surface area contributed by atoms with Gasteiger partial charge in [-0.15, -0.1) is 0 Å². The summed E-state index contributed by atoms with van der Waals surface area (Å²) in [6.45, 7) is 0.713. The van der Waals surface area contributed by atoms with Gasteiger partial charge in [-0.2, -0.15) is 0 Å². The summed E-state index contributed by atoms with van der Waals surface area (Å²) in [7, 11) is 1.64. The zero-order chi connectivity index (χ0) is 17.4. The molecule has 1 aromatic rings. The summed E-state index contributed by atoms with van der Waals surface area (Å²) < 4.78 is 5.11. The van der Waals surface area contributed by atoms with E-state index in [-0.39, 0.29) is 6.04 Å². The zero-order valence-corrected chi connectivity index (χ0v) is 14.1. The first-order valence-electron chi connectivity index (χ1n) is 8.23. The van der Waals surface area contributed by atoms with Crippen LogP contribution in [-0.2, 0) is 0 Å². The Labute approximate surface area is 143 Å². The number of methoxy groups -OCH3 is 1. The molecule has 0 aromatic heterocycles. The van der Waals surface area contributed by atoms with Gasteiger partial charge in [0.15, 0.2) is 0 Å². The number of rotatable bonds is 8. The third kappa shape index (κ3) is 5.85. The highest BCUT2D eigenvalue weighted by Gasteiger charge is 2.10. The van der Waals surface area contributed by atoms with Crippen molar-refractivity contribution in [3.63, 3.8) is 0 Å². The molecule has 6 N–H and O–H groups in total. The number of nitrogens with two attached hydrogens (primary N) is 2. The fourth-order valence-corrected chi connectivity index (χ4v) is 2.56. The van der Waals surface area contributed by atoms with Crippen LogP contribution in [0.4, 0.5) is 0 Å². The minimum absolute atomic E-state index is 0.0387. The number of hydrogen-bond acceptors (Lipinski definition) is 5. The first-order valence-corrected chi connectivity index (χ1v) is 8.23. The molecular formula is C19H27N3O2. The van der Waals surface area contributed by atoms with E-state index in [9.17, 15) is 5.11 Å². The van der Waals surface area contributed by atoms with E-state index in [1.807, 2.05) is 42.5 Å². The van der Waals surface area contributed by atoms with Gasteiger partial charge in [-0.3, -0.25) is 5.32 Å². The summed E-state index contributed by atoms with van der Waals surface area (Å²) in [5.74, 6) is 0.817. The Morgan fingerprint density at radius 2 is 2.12 bits per heavy atom. The van der Waals surface area contributed by atoms with Gasteiger partial charge in [-0.1, -0.05) is 30.4 Å². The quantitative estimate of drug-likeness (QED) is 0.432. The van der Waals surface area contributed by atoms with Crippen molar-refractivity contribution in [2.24, 2.45) is 11.5 Å². The second kappa shape index (κ2) is 9.27. The lowest BCUT2D eigenvalue weighted by Gasteiger charge is -2.17. The van der Waals surface area contributed by atoms with E-state index >= 15 is 0 Å². The Balaban J connectivity index is 1.69. The van der Waals surface area contributed by atoms with Crippen LogP contribution in [0.1, 0.15) is 24.8 Å². The Hall–Kier alpha value is -2.08. The maximum Gasteiger partial charge on any atom is 0.124 e. The van der Waals surface area contributed by atoms with Crippen LogP contribution >= 0.6 is 0 Å². The molecule has 1 aliphatic carbocycles. The molecule has 0 saturated carbocycles. The summed E-state index contributed by atoms with van der Waals surface area (Å²) in [5, 5.41) is 13.0. The number of allylic oxidation sites excluding steroid dienone is 2. The molecule has 2 atom stereocenters. The molecular weight excluding hydrogens is 302 g/mol. The van der Waals surface area contributed by atoms with E-state index in [2.05, 4.69) is 5.32 Å². The van der Waals surface area contributed by atoms with Gasteiger partial charge in [0.2, 0.25) is 0 Å². The van der Waals surface area contributed by atoms with Crippen LogP contribution in [-0.4, -0.2) is 31.0 Å². The molecule has 130 valence electrons. The van der Waals surface area contributed by atoms with Crippen molar-refractivity contribution in [3.8, 4) is 5.75 Å². The third-order valence-corrected chi connectivity index (χ3v) is 3.98. The van der Waals surface area contributed by atoms with Crippen molar-refractivity contribution in [1.82, 2.24) is 5.32 Å². The molecule has 0 spiro atoms. The topological polar surface area (TPSA) is 93.5 Å². The lowest BCUT2D eigenvalue weighted by molar-refractivity contribution is 0.185. The lowest BCUT2D eigenvalue weighted by Crippen LogP contribution is -2.28. The summed E-state index contributed by atoms with van der Waals surface area (Å²) in [6, 6.07) is 7.70. The van der Waals surface area contributed by atoms with E-state index < -0.39 is 6.23 Å². The SMILES string of the molecule is COc1ccc(/C=C/C(O)NCCCC2=C(N)CC(N)C=C2)cc1. The molecule has 0 saturated heterocycles. The molecule has 1 aromatic carbocycles. The van der Waals surface area contributed by atoms with Gasteiger partial charge in [-0.05, 0) is 48.7 Å². The van der Waals surface area contributed by atoms with Crippen LogP contribution in [0.25, 0.3) is 6.08 Å². The molecule has 0 fully saturated rings. The fraction of sp³-hybridized carbons (Fsp3) is 0.368. The lowest BCUT2D eigenvalue weighted by atomic mass is 9.97.